The standard InChI is InChI=1S/C17H35N/c1-12(2)14-13(3)10-16(6,7)18-17(8,9)11-15(14,4)5/h12-14,18H,10-11H2,1-9H3. The molecular formula is C17H35N. The van der Waals surface area contributed by atoms with E-state index in [0.717, 1.165) is 17.8 Å². The lowest BCUT2D eigenvalue weighted by atomic mass is 9.59. The van der Waals surface area contributed by atoms with Crippen LogP contribution >= 0.6 is 0 Å². The summed E-state index contributed by atoms with van der Waals surface area (Å²) in [6, 6.07) is 0. The van der Waals surface area contributed by atoms with Gasteiger partial charge in [0.1, 0.15) is 0 Å². The molecule has 0 aromatic rings. The Hall–Kier alpha value is -0.0400. The number of nitrogens with one attached hydrogen (secondary N) is 1. The second-order valence-electron chi connectivity index (χ2n) is 9.01. The second-order valence-corrected chi connectivity index (χ2v) is 9.01. The summed E-state index contributed by atoms with van der Waals surface area (Å²) < 4.78 is 0. The number of hydrogen-bond acceptors (Lipinski definition) is 1. The molecule has 0 saturated carbocycles. The van der Waals surface area contributed by atoms with Gasteiger partial charge in [0.2, 0.25) is 0 Å². The van der Waals surface area contributed by atoms with Crippen LogP contribution in [0.25, 0.3) is 0 Å². The summed E-state index contributed by atoms with van der Waals surface area (Å²) in [6.07, 6.45) is 2.51. The maximum Gasteiger partial charge on any atom is 0.0135 e. The molecular weight excluding hydrogens is 218 g/mol. The van der Waals surface area contributed by atoms with Crippen LogP contribution in [-0.2, 0) is 0 Å². The van der Waals surface area contributed by atoms with E-state index < -0.39 is 0 Å². The van der Waals surface area contributed by atoms with Crippen molar-refractivity contribution in [3.63, 3.8) is 0 Å². The van der Waals surface area contributed by atoms with Crippen LogP contribution in [0.4, 0.5) is 0 Å². The molecule has 0 radical (unpaired) electrons. The van der Waals surface area contributed by atoms with Gasteiger partial charge >= 0.3 is 0 Å². The topological polar surface area (TPSA) is 12.0 Å². The molecule has 108 valence electrons. The highest BCUT2D eigenvalue weighted by molar-refractivity contribution is 4.99. The Bertz CT molecular complexity index is 286. The molecule has 1 N–H and O–H groups in total. The maximum atomic E-state index is 3.88. The lowest BCUT2D eigenvalue weighted by Gasteiger charge is -2.52. The molecule has 0 bridgehead atoms. The van der Waals surface area contributed by atoms with Crippen molar-refractivity contribution >= 4 is 0 Å². The van der Waals surface area contributed by atoms with Crippen LogP contribution in [0.1, 0.15) is 75.2 Å². The van der Waals surface area contributed by atoms with Gasteiger partial charge in [0.15, 0.2) is 0 Å². The predicted octanol–water partition coefficient (Wildman–Crippen LogP) is 4.86. The fourth-order valence-electron chi connectivity index (χ4n) is 5.53. The average Bonchev–Trinajstić information content (AvgIpc) is 1.91. The lowest BCUT2D eigenvalue weighted by Crippen LogP contribution is -2.58. The van der Waals surface area contributed by atoms with Crippen molar-refractivity contribution in [3.8, 4) is 0 Å². The third-order valence-corrected chi connectivity index (χ3v) is 4.64. The van der Waals surface area contributed by atoms with E-state index in [0.29, 0.717) is 5.41 Å². The first-order valence-electron chi connectivity index (χ1n) is 7.66. The molecule has 18 heavy (non-hydrogen) atoms. The van der Waals surface area contributed by atoms with Crippen LogP contribution in [0.2, 0.25) is 0 Å². The lowest BCUT2D eigenvalue weighted by molar-refractivity contribution is 0.0151. The summed E-state index contributed by atoms with van der Waals surface area (Å²) >= 11 is 0. The molecule has 2 unspecified atom stereocenters. The Morgan fingerprint density at radius 2 is 1.44 bits per heavy atom. The Morgan fingerprint density at radius 3 is 1.89 bits per heavy atom. The smallest absolute Gasteiger partial charge is 0.0135 e. The van der Waals surface area contributed by atoms with Crippen LogP contribution in [0.3, 0.4) is 0 Å². The summed E-state index contributed by atoms with van der Waals surface area (Å²) in [5.41, 5.74) is 0.868. The van der Waals surface area contributed by atoms with Crippen molar-refractivity contribution in [2.75, 3.05) is 0 Å². The average molecular weight is 253 g/mol. The highest BCUT2D eigenvalue weighted by atomic mass is 15.0. The van der Waals surface area contributed by atoms with Crippen LogP contribution < -0.4 is 5.32 Å². The molecule has 0 aromatic carbocycles. The maximum absolute atomic E-state index is 3.88. The van der Waals surface area contributed by atoms with Gasteiger partial charge in [-0.25, -0.2) is 0 Å². The molecule has 0 amide bonds. The van der Waals surface area contributed by atoms with E-state index in [4.69, 9.17) is 0 Å². The molecule has 2 atom stereocenters. The van der Waals surface area contributed by atoms with Crippen molar-refractivity contribution in [3.05, 3.63) is 0 Å². The number of rotatable bonds is 1. The number of hydrogen-bond donors (Lipinski definition) is 1. The first-order chi connectivity index (χ1) is 7.86. The van der Waals surface area contributed by atoms with Crippen LogP contribution in [-0.4, -0.2) is 11.1 Å². The third-order valence-electron chi connectivity index (χ3n) is 4.64. The van der Waals surface area contributed by atoms with Crippen molar-refractivity contribution in [2.45, 2.75) is 86.2 Å². The Balaban J connectivity index is 3.11. The van der Waals surface area contributed by atoms with E-state index in [-0.39, 0.29) is 11.1 Å². The minimum absolute atomic E-state index is 0.223. The van der Waals surface area contributed by atoms with Gasteiger partial charge in [-0.1, -0.05) is 34.6 Å². The highest BCUT2D eigenvalue weighted by Gasteiger charge is 2.44. The van der Waals surface area contributed by atoms with Crippen molar-refractivity contribution in [1.82, 2.24) is 5.32 Å². The molecule has 1 fully saturated rings. The summed E-state index contributed by atoms with van der Waals surface area (Å²) in [4.78, 5) is 0. The Kier molecular flexibility index (Phi) is 4.28. The fourth-order valence-corrected chi connectivity index (χ4v) is 5.53. The molecule has 0 spiro atoms. The van der Waals surface area contributed by atoms with Gasteiger partial charge < -0.3 is 5.32 Å². The minimum Gasteiger partial charge on any atom is -0.307 e. The van der Waals surface area contributed by atoms with E-state index in [9.17, 15) is 0 Å². The van der Waals surface area contributed by atoms with Gasteiger partial charge in [0.05, 0.1) is 0 Å². The highest BCUT2D eigenvalue weighted by Crippen LogP contribution is 2.47. The van der Waals surface area contributed by atoms with Gasteiger partial charge in [-0.2, -0.15) is 0 Å². The first-order valence-corrected chi connectivity index (χ1v) is 7.66. The van der Waals surface area contributed by atoms with E-state index in [1.54, 1.807) is 0 Å². The summed E-state index contributed by atoms with van der Waals surface area (Å²) in [6.45, 7) is 21.6. The zero-order valence-corrected chi connectivity index (χ0v) is 14.1. The molecule has 1 nitrogen and oxygen atoms in total. The largest absolute Gasteiger partial charge is 0.307 e. The van der Waals surface area contributed by atoms with Gasteiger partial charge in [0, 0.05) is 11.1 Å². The molecule has 1 heteroatoms. The summed E-state index contributed by atoms with van der Waals surface area (Å²) in [7, 11) is 0. The normalized spacial score (nSPS) is 35.0. The monoisotopic (exact) mass is 253 g/mol. The molecule has 1 heterocycles. The molecule has 0 aliphatic carbocycles. The Morgan fingerprint density at radius 1 is 0.944 bits per heavy atom. The van der Waals surface area contributed by atoms with E-state index >= 15 is 0 Å². The molecule has 1 aliphatic heterocycles. The fraction of sp³-hybridized carbons (Fsp3) is 1.00. The third kappa shape index (κ3) is 3.73. The molecule has 1 aliphatic rings. The first kappa shape index (κ1) is 16.0. The zero-order valence-electron chi connectivity index (χ0n) is 14.1. The van der Waals surface area contributed by atoms with Gasteiger partial charge in [-0.15, -0.1) is 0 Å². The Labute approximate surface area is 115 Å². The van der Waals surface area contributed by atoms with Crippen LogP contribution in [0, 0.1) is 23.2 Å². The predicted molar refractivity (Wildman–Crippen MR) is 81.8 cm³/mol. The second kappa shape index (κ2) is 4.81. The summed E-state index contributed by atoms with van der Waals surface area (Å²) in [5, 5.41) is 3.88. The molecule has 1 saturated heterocycles. The van der Waals surface area contributed by atoms with E-state index in [1.165, 1.54) is 12.8 Å². The van der Waals surface area contributed by atoms with Crippen molar-refractivity contribution in [1.29, 1.82) is 0 Å². The van der Waals surface area contributed by atoms with Gasteiger partial charge in [-0.05, 0) is 63.7 Å². The summed E-state index contributed by atoms with van der Waals surface area (Å²) in [5.74, 6) is 2.34. The molecule has 1 rings (SSSR count). The van der Waals surface area contributed by atoms with E-state index in [1.807, 2.05) is 0 Å². The quantitative estimate of drug-likeness (QED) is 0.703. The van der Waals surface area contributed by atoms with E-state index in [2.05, 4.69) is 67.6 Å². The van der Waals surface area contributed by atoms with Crippen LogP contribution in [0.15, 0.2) is 0 Å². The SMILES string of the molecule is CC(C)C1C(C)CC(C)(C)NC(C)(C)CC1(C)C. The zero-order chi connectivity index (χ0) is 14.4. The molecule has 0 aromatic heterocycles. The minimum atomic E-state index is 0.223. The van der Waals surface area contributed by atoms with Crippen LogP contribution in [0.5, 0.6) is 0 Å². The van der Waals surface area contributed by atoms with Gasteiger partial charge in [0.25, 0.3) is 0 Å². The van der Waals surface area contributed by atoms with Crippen molar-refractivity contribution < 1.29 is 0 Å². The van der Waals surface area contributed by atoms with Crippen molar-refractivity contribution in [2.24, 2.45) is 23.2 Å². The van der Waals surface area contributed by atoms with Gasteiger partial charge in [-0.3, -0.25) is 0 Å².